The zero-order valence-corrected chi connectivity index (χ0v) is 27.5. The van der Waals surface area contributed by atoms with Crippen molar-refractivity contribution in [2.75, 3.05) is 10.8 Å². The van der Waals surface area contributed by atoms with Crippen molar-refractivity contribution >= 4 is 43.5 Å². The van der Waals surface area contributed by atoms with Crippen molar-refractivity contribution in [1.82, 2.24) is 10.2 Å². The average molecular weight is 679 g/mol. The molecular weight excluding hydrogens is 642 g/mol. The molecule has 0 aliphatic heterocycles. The first kappa shape index (κ1) is 32.8. The number of amides is 2. The van der Waals surface area contributed by atoms with Gasteiger partial charge in [0.1, 0.15) is 24.1 Å². The minimum atomic E-state index is -4.17. The molecule has 10 heteroatoms. The molecule has 4 aromatic rings. The fraction of sp³-hybridized carbons (Fsp3) is 0.235. The van der Waals surface area contributed by atoms with E-state index < -0.39 is 34.1 Å². The highest BCUT2D eigenvalue weighted by atomic mass is 79.9. The number of sulfonamides is 1. The molecule has 0 saturated heterocycles. The van der Waals surface area contributed by atoms with Crippen LogP contribution in [0.3, 0.4) is 0 Å². The molecule has 0 fully saturated rings. The number of anilines is 1. The maximum atomic E-state index is 14.1. The summed E-state index contributed by atoms with van der Waals surface area (Å²) in [4.78, 5) is 28.8. The normalized spacial score (nSPS) is 12.2. The van der Waals surface area contributed by atoms with Gasteiger partial charge in [0.2, 0.25) is 11.8 Å². The van der Waals surface area contributed by atoms with E-state index in [-0.39, 0.29) is 23.0 Å². The average Bonchev–Trinajstić information content (AvgIpc) is 2.99. The van der Waals surface area contributed by atoms with Gasteiger partial charge in [-0.05, 0) is 93.9 Å². The highest BCUT2D eigenvalue weighted by Crippen LogP contribution is 2.28. The fourth-order valence-electron chi connectivity index (χ4n) is 4.44. The van der Waals surface area contributed by atoms with Crippen molar-refractivity contribution in [3.63, 3.8) is 0 Å². The van der Waals surface area contributed by atoms with Crippen molar-refractivity contribution in [2.24, 2.45) is 0 Å². The predicted molar refractivity (Wildman–Crippen MR) is 176 cm³/mol. The molecule has 0 bridgehead atoms. The number of nitrogens with zero attached hydrogens (tertiary/aromatic N) is 2. The summed E-state index contributed by atoms with van der Waals surface area (Å²) in [6, 6.07) is 30.2. The monoisotopic (exact) mass is 677 g/mol. The molecule has 1 N–H and O–H groups in total. The third-order valence-electron chi connectivity index (χ3n) is 6.62. The fourth-order valence-corrected chi connectivity index (χ4v) is 6.32. The lowest BCUT2D eigenvalue weighted by atomic mass is 10.1. The summed E-state index contributed by atoms with van der Waals surface area (Å²) in [5, 5.41) is 2.93. The van der Waals surface area contributed by atoms with Gasteiger partial charge in [-0.3, -0.25) is 13.9 Å². The largest absolute Gasteiger partial charge is 0.457 e. The lowest BCUT2D eigenvalue weighted by Gasteiger charge is -2.33. The van der Waals surface area contributed by atoms with Gasteiger partial charge in [0.15, 0.2) is 0 Å². The number of carbonyl (C=O) groups is 2. The first-order valence-corrected chi connectivity index (χ1v) is 16.3. The standard InChI is InChI=1S/C34H36BrN3O5S/c1-25(33(40)36-34(2,3)4)37(23-26-12-11-13-27(35)22-26)32(39)24-38(44(41,42)31-16-9-6-10-17-31)28-18-20-30(21-19-28)43-29-14-7-5-8-15-29/h5-22,25H,23-24H2,1-4H3,(H,36,40). The van der Waals surface area contributed by atoms with Crippen molar-refractivity contribution < 1.29 is 22.7 Å². The van der Waals surface area contributed by atoms with Crippen LogP contribution in [0.4, 0.5) is 5.69 Å². The number of ether oxygens (including phenoxy) is 1. The molecule has 1 unspecified atom stereocenters. The van der Waals surface area contributed by atoms with Crippen LogP contribution in [0.2, 0.25) is 0 Å². The Morgan fingerprint density at radius 1 is 0.841 bits per heavy atom. The van der Waals surface area contributed by atoms with Crippen molar-refractivity contribution in [2.45, 2.75) is 50.7 Å². The predicted octanol–water partition coefficient (Wildman–Crippen LogP) is 6.77. The number of nitrogens with one attached hydrogen (secondary N) is 1. The number of rotatable bonds is 11. The summed E-state index contributed by atoms with van der Waals surface area (Å²) >= 11 is 3.46. The van der Waals surface area contributed by atoms with E-state index in [1.807, 2.05) is 75.4 Å². The molecule has 0 aromatic heterocycles. The van der Waals surface area contributed by atoms with Gasteiger partial charge >= 0.3 is 0 Å². The Morgan fingerprint density at radius 2 is 1.43 bits per heavy atom. The molecule has 0 radical (unpaired) electrons. The smallest absolute Gasteiger partial charge is 0.264 e. The second-order valence-corrected chi connectivity index (χ2v) is 14.1. The highest BCUT2D eigenvalue weighted by Gasteiger charge is 2.33. The zero-order chi connectivity index (χ0) is 31.9. The Labute approximate surface area is 267 Å². The Balaban J connectivity index is 1.70. The lowest BCUT2D eigenvalue weighted by molar-refractivity contribution is -0.140. The highest BCUT2D eigenvalue weighted by molar-refractivity contribution is 9.10. The molecule has 8 nitrogen and oxygen atoms in total. The molecule has 0 aliphatic carbocycles. The topological polar surface area (TPSA) is 96.0 Å². The second kappa shape index (κ2) is 14.1. The van der Waals surface area contributed by atoms with Gasteiger partial charge in [0.05, 0.1) is 10.6 Å². The first-order valence-electron chi connectivity index (χ1n) is 14.1. The maximum Gasteiger partial charge on any atom is 0.264 e. The van der Waals surface area contributed by atoms with E-state index in [9.17, 15) is 18.0 Å². The van der Waals surface area contributed by atoms with Crippen LogP contribution in [0, 0.1) is 0 Å². The number of para-hydroxylation sites is 1. The number of benzene rings is 4. The third kappa shape index (κ3) is 8.70. The summed E-state index contributed by atoms with van der Waals surface area (Å²) < 4.78 is 35.8. The molecule has 0 saturated carbocycles. The SMILES string of the molecule is CC(C(=O)NC(C)(C)C)N(Cc1cccc(Br)c1)C(=O)CN(c1ccc(Oc2ccccc2)cc1)S(=O)(=O)c1ccccc1. The molecule has 44 heavy (non-hydrogen) atoms. The zero-order valence-electron chi connectivity index (χ0n) is 25.1. The van der Waals surface area contributed by atoms with Crippen LogP contribution in [0.15, 0.2) is 119 Å². The summed E-state index contributed by atoms with van der Waals surface area (Å²) in [7, 11) is -4.17. The summed E-state index contributed by atoms with van der Waals surface area (Å²) in [5.41, 5.74) is 0.530. The molecule has 2 amide bonds. The van der Waals surface area contributed by atoms with E-state index in [1.54, 1.807) is 49.4 Å². The van der Waals surface area contributed by atoms with Gasteiger partial charge in [-0.2, -0.15) is 0 Å². The minimum Gasteiger partial charge on any atom is -0.457 e. The minimum absolute atomic E-state index is 0.0366. The van der Waals surface area contributed by atoms with Gasteiger partial charge in [0, 0.05) is 16.6 Å². The van der Waals surface area contributed by atoms with Crippen molar-refractivity contribution in [3.8, 4) is 11.5 Å². The van der Waals surface area contributed by atoms with E-state index in [0.717, 1.165) is 14.3 Å². The van der Waals surface area contributed by atoms with Gasteiger partial charge in [-0.15, -0.1) is 0 Å². The molecule has 4 rings (SSSR count). The Bertz CT molecular complexity index is 1680. The lowest BCUT2D eigenvalue weighted by Crippen LogP contribution is -2.54. The van der Waals surface area contributed by atoms with Gasteiger partial charge < -0.3 is 15.0 Å². The van der Waals surface area contributed by atoms with E-state index in [4.69, 9.17) is 4.74 Å². The number of halogens is 1. The van der Waals surface area contributed by atoms with Crippen LogP contribution >= 0.6 is 15.9 Å². The van der Waals surface area contributed by atoms with Crippen molar-refractivity contribution in [1.29, 1.82) is 0 Å². The summed E-state index contributed by atoms with van der Waals surface area (Å²) in [6.45, 7) is 6.78. The quantitative estimate of drug-likeness (QED) is 0.189. The molecule has 1 atom stereocenters. The maximum absolute atomic E-state index is 14.1. The number of hydrogen-bond donors (Lipinski definition) is 1. The Morgan fingerprint density at radius 3 is 2.02 bits per heavy atom. The van der Waals surface area contributed by atoms with E-state index in [1.165, 1.54) is 17.0 Å². The molecule has 0 spiro atoms. The molecule has 4 aromatic carbocycles. The molecule has 230 valence electrons. The summed E-state index contributed by atoms with van der Waals surface area (Å²) in [5.74, 6) is 0.258. The van der Waals surface area contributed by atoms with Gasteiger partial charge in [-0.1, -0.05) is 64.5 Å². The van der Waals surface area contributed by atoms with Crippen LogP contribution in [0.25, 0.3) is 0 Å². The van der Waals surface area contributed by atoms with Crippen LogP contribution in [0.5, 0.6) is 11.5 Å². The van der Waals surface area contributed by atoms with E-state index >= 15 is 0 Å². The van der Waals surface area contributed by atoms with Crippen LogP contribution in [-0.2, 0) is 26.2 Å². The Hall–Kier alpha value is -4.15. The molecular formula is C34H36BrN3O5S. The molecule has 0 aliphatic rings. The van der Waals surface area contributed by atoms with E-state index in [2.05, 4.69) is 21.2 Å². The Kier molecular flexibility index (Phi) is 10.5. The van der Waals surface area contributed by atoms with Gasteiger partial charge in [0.25, 0.3) is 10.0 Å². The molecule has 0 heterocycles. The van der Waals surface area contributed by atoms with Crippen molar-refractivity contribution in [3.05, 3.63) is 119 Å². The number of hydrogen-bond acceptors (Lipinski definition) is 5. The first-order chi connectivity index (χ1) is 20.8. The second-order valence-electron chi connectivity index (χ2n) is 11.3. The number of carbonyl (C=O) groups excluding carboxylic acids is 2. The summed E-state index contributed by atoms with van der Waals surface area (Å²) in [6.07, 6.45) is 0. The van der Waals surface area contributed by atoms with Crippen LogP contribution in [-0.4, -0.2) is 43.3 Å². The van der Waals surface area contributed by atoms with Crippen LogP contribution in [0.1, 0.15) is 33.3 Å². The van der Waals surface area contributed by atoms with Gasteiger partial charge in [-0.25, -0.2) is 8.42 Å². The van der Waals surface area contributed by atoms with E-state index in [0.29, 0.717) is 11.5 Å². The van der Waals surface area contributed by atoms with Crippen LogP contribution < -0.4 is 14.4 Å². The third-order valence-corrected chi connectivity index (χ3v) is 8.90.